The highest BCUT2D eigenvalue weighted by molar-refractivity contribution is 5.78. The maximum atomic E-state index is 12.6. The van der Waals surface area contributed by atoms with E-state index in [4.69, 9.17) is 9.47 Å². The first-order chi connectivity index (χ1) is 13.0. The van der Waals surface area contributed by atoms with Gasteiger partial charge < -0.3 is 14.8 Å². The van der Waals surface area contributed by atoms with Gasteiger partial charge in [0.25, 0.3) is 0 Å². The van der Waals surface area contributed by atoms with Gasteiger partial charge in [0.2, 0.25) is 5.91 Å². The number of hydrogen-bond acceptors (Lipinski definition) is 4. The van der Waals surface area contributed by atoms with Gasteiger partial charge in [-0.1, -0.05) is 56.3 Å². The van der Waals surface area contributed by atoms with Crippen molar-refractivity contribution in [3.63, 3.8) is 0 Å². The summed E-state index contributed by atoms with van der Waals surface area (Å²) in [4.78, 5) is 14.6. The van der Waals surface area contributed by atoms with Crippen LogP contribution in [0.5, 0.6) is 11.5 Å². The van der Waals surface area contributed by atoms with Gasteiger partial charge in [0.15, 0.2) is 11.5 Å². The normalized spacial score (nSPS) is 12.1. The molecular weight excluding hydrogens is 340 g/mol. The van der Waals surface area contributed by atoms with Crippen molar-refractivity contribution in [1.29, 1.82) is 0 Å². The van der Waals surface area contributed by atoms with Gasteiger partial charge in [-0.2, -0.15) is 0 Å². The van der Waals surface area contributed by atoms with Gasteiger partial charge in [0.05, 0.1) is 26.8 Å². The van der Waals surface area contributed by atoms with Crippen molar-refractivity contribution < 1.29 is 14.3 Å². The summed E-state index contributed by atoms with van der Waals surface area (Å²) in [6.07, 6.45) is 0. The summed E-state index contributed by atoms with van der Waals surface area (Å²) < 4.78 is 10.8. The van der Waals surface area contributed by atoms with Crippen LogP contribution >= 0.6 is 0 Å². The lowest BCUT2D eigenvalue weighted by Gasteiger charge is -2.25. The van der Waals surface area contributed by atoms with Crippen LogP contribution in [0.3, 0.4) is 0 Å². The largest absolute Gasteiger partial charge is 0.493 e. The zero-order valence-corrected chi connectivity index (χ0v) is 16.9. The molecule has 0 radical (unpaired) electrons. The molecule has 1 N–H and O–H groups in total. The fourth-order valence-electron chi connectivity index (χ4n) is 3.18. The van der Waals surface area contributed by atoms with Crippen LogP contribution in [0.25, 0.3) is 0 Å². The topological polar surface area (TPSA) is 50.8 Å². The third-order valence-electron chi connectivity index (χ3n) is 4.48. The molecule has 0 aliphatic rings. The zero-order chi connectivity index (χ0) is 19.8. The van der Waals surface area contributed by atoms with E-state index in [1.165, 1.54) is 0 Å². The van der Waals surface area contributed by atoms with E-state index in [0.29, 0.717) is 30.5 Å². The fraction of sp³-hybridized carbons (Fsp3) is 0.409. The van der Waals surface area contributed by atoms with E-state index in [2.05, 4.69) is 31.3 Å². The second kappa shape index (κ2) is 9.97. The van der Waals surface area contributed by atoms with Crippen LogP contribution in [0.15, 0.2) is 48.5 Å². The Balaban J connectivity index is 2.01. The van der Waals surface area contributed by atoms with Crippen molar-refractivity contribution in [3.05, 3.63) is 59.7 Å². The molecule has 1 atom stereocenters. The Morgan fingerprint density at radius 1 is 1.04 bits per heavy atom. The van der Waals surface area contributed by atoms with Crippen LogP contribution in [-0.4, -0.2) is 38.6 Å². The molecule has 0 fully saturated rings. The van der Waals surface area contributed by atoms with E-state index in [0.717, 1.165) is 11.1 Å². The standard InChI is InChI=1S/C22H30N2O3/c1-16(2)21(17-10-7-6-8-11-17)23-20(25)15-24(3)14-18-12-9-13-19(26-4)22(18)27-5/h6-13,16,21H,14-15H2,1-5H3,(H,23,25). The second-order valence-electron chi connectivity index (χ2n) is 7.02. The predicted molar refractivity (Wildman–Crippen MR) is 108 cm³/mol. The van der Waals surface area contributed by atoms with Crippen LogP contribution in [-0.2, 0) is 11.3 Å². The number of amides is 1. The molecule has 0 bridgehead atoms. The van der Waals surface area contributed by atoms with Gasteiger partial charge in [0.1, 0.15) is 0 Å². The highest BCUT2D eigenvalue weighted by atomic mass is 16.5. The van der Waals surface area contributed by atoms with Crippen molar-refractivity contribution >= 4 is 5.91 Å². The second-order valence-corrected chi connectivity index (χ2v) is 7.02. The van der Waals surface area contributed by atoms with Gasteiger partial charge in [-0.05, 0) is 24.6 Å². The maximum Gasteiger partial charge on any atom is 0.234 e. The number of carbonyl (C=O) groups excluding carboxylic acids is 1. The Bertz CT molecular complexity index is 732. The van der Waals surface area contributed by atoms with Gasteiger partial charge in [-0.15, -0.1) is 0 Å². The van der Waals surface area contributed by atoms with Crippen molar-refractivity contribution in [2.75, 3.05) is 27.8 Å². The summed E-state index contributed by atoms with van der Waals surface area (Å²) in [5, 5.41) is 3.16. The molecule has 1 unspecified atom stereocenters. The van der Waals surface area contributed by atoms with E-state index < -0.39 is 0 Å². The number of likely N-dealkylation sites (N-methyl/N-ethyl adjacent to an activating group) is 1. The van der Waals surface area contributed by atoms with Crippen LogP contribution < -0.4 is 14.8 Å². The quantitative estimate of drug-likeness (QED) is 0.732. The Hall–Kier alpha value is -2.53. The van der Waals surface area contributed by atoms with Crippen LogP contribution in [0.1, 0.15) is 31.0 Å². The molecule has 0 heterocycles. The lowest BCUT2D eigenvalue weighted by Crippen LogP contribution is -2.38. The van der Waals surface area contributed by atoms with Crippen molar-refractivity contribution in [2.24, 2.45) is 5.92 Å². The van der Waals surface area contributed by atoms with Gasteiger partial charge in [-0.25, -0.2) is 0 Å². The maximum absolute atomic E-state index is 12.6. The van der Waals surface area contributed by atoms with Crippen molar-refractivity contribution in [2.45, 2.75) is 26.4 Å². The summed E-state index contributed by atoms with van der Waals surface area (Å²) >= 11 is 0. The third kappa shape index (κ3) is 5.73. The van der Waals surface area contributed by atoms with Gasteiger partial charge in [0, 0.05) is 12.1 Å². The summed E-state index contributed by atoms with van der Waals surface area (Å²) in [6, 6.07) is 15.9. The average Bonchev–Trinajstić information content (AvgIpc) is 2.66. The smallest absolute Gasteiger partial charge is 0.234 e. The molecule has 5 heteroatoms. The van der Waals surface area contributed by atoms with Crippen molar-refractivity contribution in [3.8, 4) is 11.5 Å². The molecule has 146 valence electrons. The number of carbonyl (C=O) groups is 1. The number of para-hydroxylation sites is 1. The molecule has 0 saturated carbocycles. The fourth-order valence-corrected chi connectivity index (χ4v) is 3.18. The molecule has 5 nitrogen and oxygen atoms in total. The monoisotopic (exact) mass is 370 g/mol. The Morgan fingerprint density at radius 2 is 1.74 bits per heavy atom. The van der Waals surface area contributed by atoms with Crippen LogP contribution in [0, 0.1) is 5.92 Å². The number of nitrogens with zero attached hydrogens (tertiary/aromatic N) is 1. The van der Waals surface area contributed by atoms with Gasteiger partial charge >= 0.3 is 0 Å². The number of benzene rings is 2. The third-order valence-corrected chi connectivity index (χ3v) is 4.48. The van der Waals surface area contributed by atoms with E-state index >= 15 is 0 Å². The Kier molecular flexibility index (Phi) is 7.67. The molecule has 0 aliphatic heterocycles. The van der Waals surface area contributed by atoms with E-state index in [9.17, 15) is 4.79 Å². The summed E-state index contributed by atoms with van der Waals surface area (Å²) in [6.45, 7) is 5.12. The number of ether oxygens (including phenoxy) is 2. The molecule has 27 heavy (non-hydrogen) atoms. The Labute approximate surface area is 162 Å². The summed E-state index contributed by atoms with van der Waals surface area (Å²) in [5.74, 6) is 1.70. The minimum Gasteiger partial charge on any atom is -0.493 e. The van der Waals surface area contributed by atoms with E-state index in [-0.39, 0.29) is 11.9 Å². The summed E-state index contributed by atoms with van der Waals surface area (Å²) in [7, 11) is 5.17. The number of methoxy groups -OCH3 is 2. The first kappa shape index (κ1) is 20.8. The van der Waals surface area contributed by atoms with Crippen LogP contribution in [0.4, 0.5) is 0 Å². The molecule has 2 rings (SSSR count). The number of rotatable bonds is 9. The lowest BCUT2D eigenvalue weighted by molar-refractivity contribution is -0.123. The van der Waals surface area contributed by atoms with E-state index in [1.807, 2.05) is 48.3 Å². The molecule has 1 amide bonds. The molecule has 0 aromatic heterocycles. The molecule has 0 spiro atoms. The average molecular weight is 370 g/mol. The van der Waals surface area contributed by atoms with Gasteiger partial charge in [-0.3, -0.25) is 9.69 Å². The van der Waals surface area contributed by atoms with Crippen LogP contribution in [0.2, 0.25) is 0 Å². The first-order valence-corrected chi connectivity index (χ1v) is 9.19. The molecule has 0 aliphatic carbocycles. The molecule has 0 saturated heterocycles. The SMILES string of the molecule is COc1cccc(CN(C)CC(=O)NC(c2ccccc2)C(C)C)c1OC. The van der Waals surface area contributed by atoms with Crippen molar-refractivity contribution in [1.82, 2.24) is 10.2 Å². The molecular formula is C22H30N2O3. The number of nitrogens with one attached hydrogen (secondary N) is 1. The lowest BCUT2D eigenvalue weighted by atomic mass is 9.96. The highest BCUT2D eigenvalue weighted by Crippen LogP contribution is 2.31. The molecule has 2 aromatic carbocycles. The first-order valence-electron chi connectivity index (χ1n) is 9.19. The molecule has 2 aromatic rings. The highest BCUT2D eigenvalue weighted by Gasteiger charge is 2.19. The number of hydrogen-bond donors (Lipinski definition) is 1. The van der Waals surface area contributed by atoms with E-state index in [1.54, 1.807) is 14.2 Å². The Morgan fingerprint density at radius 3 is 2.33 bits per heavy atom. The zero-order valence-electron chi connectivity index (χ0n) is 16.9. The minimum absolute atomic E-state index is 0.00143. The summed E-state index contributed by atoms with van der Waals surface area (Å²) in [5.41, 5.74) is 2.11. The minimum atomic E-state index is -0.00143. The predicted octanol–water partition coefficient (Wildman–Crippen LogP) is 3.65.